The topological polar surface area (TPSA) is 40.5 Å². The van der Waals surface area contributed by atoms with Crippen LogP contribution in [0.15, 0.2) is 11.6 Å². The quantitative estimate of drug-likeness (QED) is 0.690. The summed E-state index contributed by atoms with van der Waals surface area (Å²) in [5, 5.41) is 20.5. The van der Waals surface area contributed by atoms with Crippen LogP contribution in [-0.4, -0.2) is 21.9 Å². The number of fused-ring (bicyclic) bond motifs is 1. The van der Waals surface area contributed by atoms with Crippen molar-refractivity contribution < 1.29 is 10.2 Å². The molecule has 0 spiro atoms. The van der Waals surface area contributed by atoms with Crippen molar-refractivity contribution in [3.05, 3.63) is 11.6 Å². The van der Waals surface area contributed by atoms with Crippen LogP contribution in [0, 0.1) is 23.7 Å². The zero-order valence-corrected chi connectivity index (χ0v) is 11.5. The fourth-order valence-corrected chi connectivity index (χ4v) is 3.82. The van der Waals surface area contributed by atoms with Gasteiger partial charge in [0.05, 0.1) is 11.7 Å². The Kier molecular flexibility index (Phi) is 3.39. The zero-order valence-electron chi connectivity index (χ0n) is 11.5. The average Bonchev–Trinajstić information content (AvgIpc) is 2.20. The van der Waals surface area contributed by atoms with Gasteiger partial charge in [-0.1, -0.05) is 19.9 Å². The molecule has 2 aliphatic rings. The Bertz CT molecular complexity index is 317. The van der Waals surface area contributed by atoms with Crippen molar-refractivity contribution in [2.75, 3.05) is 0 Å². The molecule has 17 heavy (non-hydrogen) atoms. The molecule has 2 N–H and O–H groups in total. The molecule has 0 aliphatic heterocycles. The number of rotatable bonds is 1. The molecule has 5 atom stereocenters. The molecule has 0 aromatic heterocycles. The third-order valence-corrected chi connectivity index (χ3v) is 5.06. The molecular weight excluding hydrogens is 212 g/mol. The summed E-state index contributed by atoms with van der Waals surface area (Å²) < 4.78 is 0. The molecule has 0 bridgehead atoms. The smallest absolute Gasteiger partial charge is 0.0751 e. The molecule has 0 amide bonds. The summed E-state index contributed by atoms with van der Waals surface area (Å²) in [5.74, 6) is 1.98. The molecule has 0 saturated heterocycles. The van der Waals surface area contributed by atoms with Crippen molar-refractivity contribution in [2.45, 2.75) is 58.7 Å². The van der Waals surface area contributed by atoms with Gasteiger partial charge in [0.15, 0.2) is 0 Å². The van der Waals surface area contributed by atoms with E-state index in [0.717, 1.165) is 24.8 Å². The van der Waals surface area contributed by atoms with Crippen LogP contribution in [-0.2, 0) is 0 Å². The highest BCUT2D eigenvalue weighted by atomic mass is 16.3. The molecular formula is C15H26O2. The normalized spacial score (nSPS) is 46.6. The number of hydrogen-bond acceptors (Lipinski definition) is 2. The number of hydrogen-bond donors (Lipinski definition) is 2. The van der Waals surface area contributed by atoms with Crippen molar-refractivity contribution in [1.82, 2.24) is 0 Å². The van der Waals surface area contributed by atoms with Crippen LogP contribution in [0.1, 0.15) is 47.0 Å². The lowest BCUT2D eigenvalue weighted by molar-refractivity contribution is -0.0927. The summed E-state index contributed by atoms with van der Waals surface area (Å²) in [6.45, 7) is 8.51. The van der Waals surface area contributed by atoms with Gasteiger partial charge in [0.25, 0.3) is 0 Å². The van der Waals surface area contributed by atoms with Crippen molar-refractivity contribution in [3.8, 4) is 0 Å². The molecule has 0 aromatic carbocycles. The largest absolute Gasteiger partial charge is 0.390 e. The highest BCUT2D eigenvalue weighted by Crippen LogP contribution is 2.49. The molecule has 1 fully saturated rings. The van der Waals surface area contributed by atoms with Crippen molar-refractivity contribution in [1.29, 1.82) is 0 Å². The van der Waals surface area contributed by atoms with Crippen molar-refractivity contribution in [3.63, 3.8) is 0 Å². The zero-order chi connectivity index (χ0) is 12.8. The Morgan fingerprint density at radius 3 is 2.65 bits per heavy atom. The van der Waals surface area contributed by atoms with Gasteiger partial charge >= 0.3 is 0 Å². The molecule has 0 heterocycles. The van der Waals surface area contributed by atoms with Crippen LogP contribution in [0.5, 0.6) is 0 Å². The third-order valence-electron chi connectivity index (χ3n) is 5.06. The van der Waals surface area contributed by atoms with E-state index >= 15 is 0 Å². The van der Waals surface area contributed by atoms with Crippen molar-refractivity contribution >= 4 is 0 Å². The third kappa shape index (κ3) is 2.30. The lowest BCUT2D eigenvalue weighted by Crippen LogP contribution is -2.50. The first kappa shape index (κ1) is 13.1. The number of aliphatic hydroxyl groups excluding tert-OH is 1. The molecule has 2 unspecified atom stereocenters. The first-order valence-corrected chi connectivity index (χ1v) is 6.91. The van der Waals surface area contributed by atoms with E-state index in [1.165, 1.54) is 0 Å². The maximum atomic E-state index is 10.5. The lowest BCUT2D eigenvalue weighted by Gasteiger charge is -2.50. The van der Waals surface area contributed by atoms with Crippen LogP contribution in [0.25, 0.3) is 0 Å². The second kappa shape index (κ2) is 4.40. The standard InChI is InChI=1S/C15H26O2/c1-9(2)11-5-6-15(4,17)13-8-14(16)10(3)7-12(11)13/h7,9,11-14,16-17H,5-6,8H2,1-4H3/t11-,12?,13?,14+,15-/m0/s1. The minimum atomic E-state index is -0.603. The number of allylic oxidation sites excluding steroid dienone is 1. The van der Waals surface area contributed by atoms with Crippen LogP contribution in [0.4, 0.5) is 0 Å². The average molecular weight is 238 g/mol. The minimum absolute atomic E-state index is 0.224. The van der Waals surface area contributed by atoms with Gasteiger partial charge in [0.1, 0.15) is 0 Å². The van der Waals surface area contributed by atoms with Crippen molar-refractivity contribution in [2.24, 2.45) is 23.7 Å². The molecule has 98 valence electrons. The second-order valence-electron chi connectivity index (χ2n) is 6.65. The van der Waals surface area contributed by atoms with Gasteiger partial charge in [-0.05, 0) is 62.4 Å². The molecule has 2 rings (SSSR count). The van der Waals surface area contributed by atoms with E-state index in [1.54, 1.807) is 0 Å². The Labute approximate surface area is 105 Å². The summed E-state index contributed by atoms with van der Waals surface area (Å²) in [4.78, 5) is 0. The van der Waals surface area contributed by atoms with Crippen LogP contribution >= 0.6 is 0 Å². The monoisotopic (exact) mass is 238 g/mol. The van der Waals surface area contributed by atoms with Crippen LogP contribution < -0.4 is 0 Å². The first-order valence-electron chi connectivity index (χ1n) is 6.91. The van der Waals surface area contributed by atoms with Gasteiger partial charge in [-0.25, -0.2) is 0 Å². The Hall–Kier alpha value is -0.340. The highest BCUT2D eigenvalue weighted by Gasteiger charge is 2.47. The summed E-state index contributed by atoms with van der Waals surface area (Å²) >= 11 is 0. The van der Waals surface area contributed by atoms with E-state index in [1.807, 2.05) is 13.8 Å². The van der Waals surface area contributed by atoms with Gasteiger partial charge in [-0.15, -0.1) is 0 Å². The highest BCUT2D eigenvalue weighted by molar-refractivity contribution is 5.17. The second-order valence-corrected chi connectivity index (χ2v) is 6.65. The maximum Gasteiger partial charge on any atom is 0.0751 e. The maximum absolute atomic E-state index is 10.5. The van der Waals surface area contributed by atoms with Gasteiger partial charge in [-0.3, -0.25) is 0 Å². The fourth-order valence-electron chi connectivity index (χ4n) is 3.82. The lowest BCUT2D eigenvalue weighted by atomic mass is 9.58. The molecule has 2 nitrogen and oxygen atoms in total. The Morgan fingerprint density at radius 1 is 1.41 bits per heavy atom. The van der Waals surface area contributed by atoms with E-state index in [-0.39, 0.29) is 12.0 Å². The Morgan fingerprint density at radius 2 is 2.06 bits per heavy atom. The summed E-state index contributed by atoms with van der Waals surface area (Å²) in [6.07, 6.45) is 4.58. The van der Waals surface area contributed by atoms with Gasteiger partial charge in [0, 0.05) is 0 Å². The Balaban J connectivity index is 2.32. The molecule has 1 saturated carbocycles. The summed E-state index contributed by atoms with van der Waals surface area (Å²) in [6, 6.07) is 0. The minimum Gasteiger partial charge on any atom is -0.390 e. The van der Waals surface area contributed by atoms with E-state index in [0.29, 0.717) is 17.8 Å². The molecule has 2 aliphatic carbocycles. The van der Waals surface area contributed by atoms with Gasteiger partial charge in [-0.2, -0.15) is 0 Å². The fraction of sp³-hybridized carbons (Fsp3) is 0.867. The van der Waals surface area contributed by atoms with E-state index in [9.17, 15) is 10.2 Å². The SMILES string of the molecule is CC1=CC2C(C[C@H]1O)[C@@](C)(O)CC[C@H]2C(C)C. The predicted octanol–water partition coefficient (Wildman–Crippen LogP) is 2.75. The first-order chi connectivity index (χ1) is 7.83. The van der Waals surface area contributed by atoms with E-state index < -0.39 is 5.60 Å². The molecule has 2 heteroatoms. The van der Waals surface area contributed by atoms with Crippen LogP contribution in [0.2, 0.25) is 0 Å². The van der Waals surface area contributed by atoms with Gasteiger partial charge < -0.3 is 10.2 Å². The summed E-state index contributed by atoms with van der Waals surface area (Å²) in [7, 11) is 0. The predicted molar refractivity (Wildman–Crippen MR) is 69.5 cm³/mol. The van der Waals surface area contributed by atoms with E-state index in [4.69, 9.17) is 0 Å². The summed E-state index contributed by atoms with van der Waals surface area (Å²) in [5.41, 5.74) is 0.489. The number of aliphatic hydroxyl groups is 2. The van der Waals surface area contributed by atoms with E-state index in [2.05, 4.69) is 19.9 Å². The van der Waals surface area contributed by atoms with Crippen LogP contribution in [0.3, 0.4) is 0 Å². The van der Waals surface area contributed by atoms with Gasteiger partial charge in [0.2, 0.25) is 0 Å². The molecule has 0 radical (unpaired) electrons. The molecule has 0 aromatic rings.